The van der Waals surface area contributed by atoms with E-state index < -0.39 is 15.1 Å². The van der Waals surface area contributed by atoms with Crippen LogP contribution in [0.4, 0.5) is 0 Å². The van der Waals surface area contributed by atoms with E-state index in [1.54, 1.807) is 24.3 Å². The molecule has 0 aliphatic carbocycles. The molecule has 16 heavy (non-hydrogen) atoms. The fraction of sp³-hybridized carbons (Fsp3) is 0.417. The van der Waals surface area contributed by atoms with Crippen LogP contribution in [0, 0.1) is 6.92 Å². The predicted molar refractivity (Wildman–Crippen MR) is 63.1 cm³/mol. The van der Waals surface area contributed by atoms with E-state index in [-0.39, 0.29) is 4.90 Å². The minimum Gasteiger partial charge on any atom is -0.302 e. The van der Waals surface area contributed by atoms with Crippen molar-refractivity contribution in [3.05, 3.63) is 29.8 Å². The monoisotopic (exact) mass is 240 g/mol. The molecule has 88 valence electrons. The maximum Gasteiger partial charge on any atom is 0.188 e. The number of rotatable bonds is 5. The topological polar surface area (TPSA) is 51.2 Å². The quantitative estimate of drug-likeness (QED) is 0.741. The van der Waals surface area contributed by atoms with E-state index in [4.69, 9.17) is 0 Å². The molecule has 0 radical (unpaired) electrons. The van der Waals surface area contributed by atoms with E-state index in [9.17, 15) is 13.2 Å². The fourth-order valence-electron chi connectivity index (χ4n) is 1.48. The van der Waals surface area contributed by atoms with Crippen molar-refractivity contribution < 1.29 is 13.2 Å². The Hall–Kier alpha value is -1.16. The summed E-state index contributed by atoms with van der Waals surface area (Å²) in [7, 11) is -3.50. The molecular formula is C12H16O3S. The summed E-state index contributed by atoms with van der Waals surface area (Å²) in [5.41, 5.74) is 0.997. The maximum atomic E-state index is 12.0. The van der Waals surface area contributed by atoms with E-state index in [0.717, 1.165) is 5.56 Å². The van der Waals surface area contributed by atoms with Crippen LogP contribution in [0.5, 0.6) is 0 Å². The van der Waals surface area contributed by atoms with Crippen molar-refractivity contribution in [2.24, 2.45) is 0 Å². The van der Waals surface area contributed by atoms with Crippen molar-refractivity contribution in [2.75, 3.05) is 0 Å². The van der Waals surface area contributed by atoms with Crippen LogP contribution in [0.2, 0.25) is 0 Å². The third-order valence-electron chi connectivity index (χ3n) is 2.47. The molecule has 1 atom stereocenters. The summed E-state index contributed by atoms with van der Waals surface area (Å²) in [6.07, 6.45) is 1.58. The number of sulfone groups is 1. The molecule has 0 heterocycles. The molecule has 0 fully saturated rings. The Morgan fingerprint density at radius 3 is 2.25 bits per heavy atom. The van der Waals surface area contributed by atoms with Gasteiger partial charge in [-0.25, -0.2) is 8.42 Å². The number of aryl methyl sites for hydroxylation is 1. The smallest absolute Gasteiger partial charge is 0.188 e. The van der Waals surface area contributed by atoms with Crippen molar-refractivity contribution >= 4 is 16.1 Å². The van der Waals surface area contributed by atoms with E-state index in [2.05, 4.69) is 0 Å². The van der Waals surface area contributed by atoms with Gasteiger partial charge in [-0.15, -0.1) is 0 Å². The molecule has 0 N–H and O–H groups in total. The van der Waals surface area contributed by atoms with Crippen molar-refractivity contribution in [1.82, 2.24) is 0 Å². The number of hydrogen-bond donors (Lipinski definition) is 0. The molecule has 0 aliphatic heterocycles. The second-order valence-electron chi connectivity index (χ2n) is 3.82. The Kier molecular flexibility index (Phi) is 4.24. The molecule has 1 aromatic carbocycles. The Morgan fingerprint density at radius 1 is 1.25 bits per heavy atom. The van der Waals surface area contributed by atoms with Crippen LogP contribution in [0.25, 0.3) is 0 Å². The number of carbonyl (C=O) groups excluding carboxylic acids is 1. The molecule has 0 spiro atoms. The average molecular weight is 240 g/mol. The lowest BCUT2D eigenvalue weighted by Gasteiger charge is -2.10. The van der Waals surface area contributed by atoms with Crippen LogP contribution in [0.3, 0.4) is 0 Å². The Bertz CT molecular complexity index is 446. The summed E-state index contributed by atoms with van der Waals surface area (Å²) in [4.78, 5) is 11.0. The first kappa shape index (κ1) is 12.9. The lowest BCUT2D eigenvalue weighted by Crippen LogP contribution is -2.22. The third kappa shape index (κ3) is 2.70. The van der Waals surface area contributed by atoms with Crippen molar-refractivity contribution in [2.45, 2.75) is 36.8 Å². The van der Waals surface area contributed by atoms with Crippen molar-refractivity contribution in [1.29, 1.82) is 0 Å². The molecule has 1 rings (SSSR count). The highest BCUT2D eigenvalue weighted by Gasteiger charge is 2.25. The first-order valence-electron chi connectivity index (χ1n) is 5.28. The summed E-state index contributed by atoms with van der Waals surface area (Å²) in [6.45, 7) is 3.75. The standard InChI is InChI=1S/C12H16O3S/c1-3-4-12(9-13)16(14,15)11-7-5-10(2)6-8-11/h5-9,12H,3-4H2,1-2H3. The minimum atomic E-state index is -3.50. The van der Waals surface area contributed by atoms with E-state index >= 15 is 0 Å². The van der Waals surface area contributed by atoms with Gasteiger partial charge in [0.25, 0.3) is 0 Å². The van der Waals surface area contributed by atoms with E-state index in [0.29, 0.717) is 19.1 Å². The van der Waals surface area contributed by atoms with Gasteiger partial charge in [-0.3, -0.25) is 0 Å². The lowest BCUT2D eigenvalue weighted by atomic mass is 10.2. The Morgan fingerprint density at radius 2 is 1.81 bits per heavy atom. The largest absolute Gasteiger partial charge is 0.302 e. The zero-order chi connectivity index (χ0) is 12.2. The molecule has 0 amide bonds. The summed E-state index contributed by atoms with van der Waals surface area (Å²) in [6, 6.07) is 6.58. The van der Waals surface area contributed by atoms with Crippen molar-refractivity contribution in [3.8, 4) is 0 Å². The molecule has 4 heteroatoms. The van der Waals surface area contributed by atoms with Gasteiger partial charge in [0.15, 0.2) is 9.84 Å². The Labute approximate surface area is 96.4 Å². The molecule has 0 aromatic heterocycles. The second-order valence-corrected chi connectivity index (χ2v) is 5.99. The SMILES string of the molecule is CCCC(C=O)S(=O)(=O)c1ccc(C)cc1. The van der Waals surface area contributed by atoms with Crippen molar-refractivity contribution in [3.63, 3.8) is 0 Å². The molecule has 0 bridgehead atoms. The number of carbonyl (C=O) groups is 1. The van der Waals surface area contributed by atoms with Crippen LogP contribution in [-0.4, -0.2) is 20.0 Å². The van der Waals surface area contributed by atoms with Crippen LogP contribution >= 0.6 is 0 Å². The Balaban J connectivity index is 3.09. The van der Waals surface area contributed by atoms with Gasteiger partial charge in [0.2, 0.25) is 0 Å². The van der Waals surface area contributed by atoms with Gasteiger partial charge in [-0.2, -0.15) is 0 Å². The van der Waals surface area contributed by atoms with Gasteiger partial charge in [-0.05, 0) is 25.5 Å². The maximum absolute atomic E-state index is 12.0. The molecular weight excluding hydrogens is 224 g/mol. The molecule has 0 saturated carbocycles. The zero-order valence-electron chi connectivity index (χ0n) is 9.51. The lowest BCUT2D eigenvalue weighted by molar-refractivity contribution is -0.107. The first-order valence-corrected chi connectivity index (χ1v) is 6.83. The van der Waals surface area contributed by atoms with Gasteiger partial charge in [0.1, 0.15) is 11.5 Å². The van der Waals surface area contributed by atoms with E-state index in [1.807, 2.05) is 13.8 Å². The highest BCUT2D eigenvalue weighted by Crippen LogP contribution is 2.18. The van der Waals surface area contributed by atoms with Gasteiger partial charge in [-0.1, -0.05) is 31.0 Å². The molecule has 3 nitrogen and oxygen atoms in total. The minimum absolute atomic E-state index is 0.226. The van der Waals surface area contributed by atoms with Crippen LogP contribution in [0.15, 0.2) is 29.2 Å². The first-order chi connectivity index (χ1) is 7.52. The van der Waals surface area contributed by atoms with Crippen LogP contribution in [-0.2, 0) is 14.6 Å². The summed E-state index contributed by atoms with van der Waals surface area (Å²) in [5.74, 6) is 0. The van der Waals surface area contributed by atoms with Crippen LogP contribution in [0.1, 0.15) is 25.3 Å². The second kappa shape index (κ2) is 5.25. The third-order valence-corrected chi connectivity index (χ3v) is 4.55. The number of hydrogen-bond acceptors (Lipinski definition) is 3. The van der Waals surface area contributed by atoms with Gasteiger partial charge in [0.05, 0.1) is 4.90 Å². The van der Waals surface area contributed by atoms with E-state index in [1.165, 1.54) is 0 Å². The summed E-state index contributed by atoms with van der Waals surface area (Å²) in [5, 5.41) is -0.916. The fourth-order valence-corrected chi connectivity index (χ4v) is 3.04. The predicted octanol–water partition coefficient (Wildman–Crippen LogP) is 2.14. The zero-order valence-corrected chi connectivity index (χ0v) is 10.3. The number of aldehydes is 1. The highest BCUT2D eigenvalue weighted by molar-refractivity contribution is 7.92. The molecule has 1 unspecified atom stereocenters. The van der Waals surface area contributed by atoms with Gasteiger partial charge in [0, 0.05) is 0 Å². The van der Waals surface area contributed by atoms with Gasteiger partial charge >= 0.3 is 0 Å². The number of benzene rings is 1. The van der Waals surface area contributed by atoms with Crippen LogP contribution < -0.4 is 0 Å². The molecule has 0 saturated heterocycles. The summed E-state index contributed by atoms with van der Waals surface area (Å²) >= 11 is 0. The van der Waals surface area contributed by atoms with Gasteiger partial charge < -0.3 is 4.79 Å². The molecule has 0 aliphatic rings. The normalized spacial score (nSPS) is 13.4. The molecule has 1 aromatic rings. The highest BCUT2D eigenvalue weighted by atomic mass is 32.2. The average Bonchev–Trinajstić information content (AvgIpc) is 2.26. The summed E-state index contributed by atoms with van der Waals surface area (Å²) < 4.78 is 24.1.